The molecule has 2 aliphatic rings. The molecular formula is C16H22ClNOS. The molecule has 4 heteroatoms. The summed E-state index contributed by atoms with van der Waals surface area (Å²) in [5.41, 5.74) is 1.11. The maximum absolute atomic E-state index is 12.7. The minimum atomic E-state index is -0.148. The first kappa shape index (κ1) is 14.4. The fraction of sp³-hybridized carbons (Fsp3) is 0.688. The minimum absolute atomic E-state index is 0.0482. The average Bonchev–Trinajstić information content (AvgIpc) is 2.96. The first-order chi connectivity index (χ1) is 9.74. The highest BCUT2D eigenvalue weighted by Crippen LogP contribution is 2.36. The molecule has 1 amide bonds. The van der Waals surface area contributed by atoms with Crippen LogP contribution in [-0.2, 0) is 11.2 Å². The number of hydrogen-bond donors (Lipinski definition) is 1. The van der Waals surface area contributed by atoms with Crippen LogP contribution in [0, 0.1) is 0 Å². The number of rotatable bonds is 3. The number of carbonyl (C=O) groups excluding carboxylic acids is 1. The van der Waals surface area contributed by atoms with E-state index in [-0.39, 0.29) is 17.4 Å². The van der Waals surface area contributed by atoms with E-state index in [0.717, 1.165) is 32.1 Å². The lowest BCUT2D eigenvalue weighted by atomic mass is 9.81. The van der Waals surface area contributed by atoms with Gasteiger partial charge < -0.3 is 5.32 Å². The van der Waals surface area contributed by atoms with Crippen LogP contribution in [0.1, 0.15) is 61.3 Å². The molecule has 3 rings (SSSR count). The number of thiophene rings is 1. The predicted octanol–water partition coefficient (Wildman–Crippen LogP) is 4.23. The molecule has 1 aromatic rings. The minimum Gasteiger partial charge on any atom is -0.349 e. The van der Waals surface area contributed by atoms with Crippen LogP contribution in [0.25, 0.3) is 0 Å². The van der Waals surface area contributed by atoms with Crippen LogP contribution in [0.4, 0.5) is 0 Å². The summed E-state index contributed by atoms with van der Waals surface area (Å²) >= 11 is 7.98. The van der Waals surface area contributed by atoms with Crippen molar-refractivity contribution in [2.75, 3.05) is 5.88 Å². The topological polar surface area (TPSA) is 29.1 Å². The molecule has 1 heterocycles. The zero-order chi connectivity index (χ0) is 14.0. The summed E-state index contributed by atoms with van der Waals surface area (Å²) in [6.07, 6.45) is 8.94. The van der Waals surface area contributed by atoms with Crippen LogP contribution in [0.2, 0.25) is 0 Å². The molecule has 1 unspecified atom stereocenters. The van der Waals surface area contributed by atoms with Crippen molar-refractivity contribution in [1.29, 1.82) is 0 Å². The molecule has 1 fully saturated rings. The van der Waals surface area contributed by atoms with Gasteiger partial charge in [-0.15, -0.1) is 22.9 Å². The molecule has 0 spiro atoms. The lowest BCUT2D eigenvalue weighted by Gasteiger charge is -2.38. The first-order valence-corrected chi connectivity index (χ1v) is 9.10. The Labute approximate surface area is 129 Å². The summed E-state index contributed by atoms with van der Waals surface area (Å²) < 4.78 is 0. The van der Waals surface area contributed by atoms with E-state index < -0.39 is 0 Å². The molecule has 0 aliphatic heterocycles. The van der Waals surface area contributed by atoms with Crippen molar-refractivity contribution in [2.45, 2.75) is 62.8 Å². The van der Waals surface area contributed by atoms with Gasteiger partial charge in [-0.2, -0.15) is 0 Å². The number of carbonyl (C=O) groups is 1. The fourth-order valence-electron chi connectivity index (χ4n) is 3.63. The van der Waals surface area contributed by atoms with Gasteiger partial charge in [-0.3, -0.25) is 4.79 Å². The number of alkyl halides is 1. The van der Waals surface area contributed by atoms with E-state index in [0.29, 0.717) is 5.88 Å². The van der Waals surface area contributed by atoms with E-state index in [9.17, 15) is 4.79 Å². The van der Waals surface area contributed by atoms with Gasteiger partial charge >= 0.3 is 0 Å². The third kappa shape index (κ3) is 2.75. The molecule has 0 radical (unpaired) electrons. The van der Waals surface area contributed by atoms with E-state index in [1.54, 1.807) is 11.3 Å². The van der Waals surface area contributed by atoms with Gasteiger partial charge in [0.05, 0.1) is 11.5 Å². The Morgan fingerprint density at radius 3 is 2.90 bits per heavy atom. The fourth-order valence-corrected chi connectivity index (χ4v) is 4.95. The first-order valence-electron chi connectivity index (χ1n) is 7.68. The maximum Gasteiger partial charge on any atom is 0.228 e. The van der Waals surface area contributed by atoms with Crippen molar-refractivity contribution in [3.8, 4) is 0 Å². The smallest absolute Gasteiger partial charge is 0.228 e. The molecule has 20 heavy (non-hydrogen) atoms. The lowest BCUT2D eigenvalue weighted by molar-refractivity contribution is -0.125. The molecule has 110 valence electrons. The number of amides is 1. The molecule has 1 aromatic heterocycles. The SMILES string of the molecule is O=C(NC1(CCl)CCCCC1)C1CCCc2sccc21. The maximum atomic E-state index is 12.7. The Bertz CT molecular complexity index is 479. The molecule has 0 aromatic carbocycles. The highest BCUT2D eigenvalue weighted by Gasteiger charge is 2.36. The van der Waals surface area contributed by atoms with Crippen molar-refractivity contribution >= 4 is 28.8 Å². The zero-order valence-corrected chi connectivity index (χ0v) is 13.4. The largest absolute Gasteiger partial charge is 0.349 e. The van der Waals surface area contributed by atoms with Crippen molar-refractivity contribution in [3.05, 3.63) is 21.9 Å². The van der Waals surface area contributed by atoms with Crippen molar-refractivity contribution < 1.29 is 4.79 Å². The number of fused-ring (bicyclic) bond motifs is 1. The van der Waals surface area contributed by atoms with E-state index in [1.807, 2.05) is 0 Å². The second-order valence-corrected chi connectivity index (χ2v) is 7.48. The van der Waals surface area contributed by atoms with Crippen LogP contribution < -0.4 is 5.32 Å². The van der Waals surface area contributed by atoms with Crippen molar-refractivity contribution in [1.82, 2.24) is 5.32 Å². The van der Waals surface area contributed by atoms with Gasteiger partial charge in [-0.05, 0) is 49.1 Å². The summed E-state index contributed by atoms with van der Waals surface area (Å²) in [6, 6.07) is 2.14. The van der Waals surface area contributed by atoms with Crippen LogP contribution in [0.5, 0.6) is 0 Å². The highest BCUT2D eigenvalue weighted by atomic mass is 35.5. The highest BCUT2D eigenvalue weighted by molar-refractivity contribution is 7.10. The van der Waals surface area contributed by atoms with E-state index in [2.05, 4.69) is 16.8 Å². The normalized spacial score (nSPS) is 24.9. The Morgan fingerprint density at radius 1 is 1.35 bits per heavy atom. The standard InChI is InChI=1S/C16H22ClNOS/c17-11-16(8-2-1-3-9-16)18-15(19)13-5-4-6-14-12(13)7-10-20-14/h7,10,13H,1-6,8-9,11H2,(H,18,19). The van der Waals surface area contributed by atoms with Gasteiger partial charge in [0.15, 0.2) is 0 Å². The van der Waals surface area contributed by atoms with Crippen molar-refractivity contribution in [2.24, 2.45) is 0 Å². The second kappa shape index (κ2) is 6.07. The Hall–Kier alpha value is -0.540. The van der Waals surface area contributed by atoms with Gasteiger partial charge in [-0.25, -0.2) is 0 Å². The summed E-state index contributed by atoms with van der Waals surface area (Å²) in [6.45, 7) is 0. The van der Waals surface area contributed by atoms with Gasteiger partial charge in [-0.1, -0.05) is 19.3 Å². The van der Waals surface area contributed by atoms with Gasteiger partial charge in [0.25, 0.3) is 0 Å². The molecule has 0 saturated heterocycles. The van der Waals surface area contributed by atoms with Gasteiger partial charge in [0, 0.05) is 10.8 Å². The summed E-state index contributed by atoms with van der Waals surface area (Å²) in [5, 5.41) is 5.44. The van der Waals surface area contributed by atoms with Crippen LogP contribution in [-0.4, -0.2) is 17.3 Å². The Kier molecular flexibility index (Phi) is 4.37. The quantitative estimate of drug-likeness (QED) is 0.832. The van der Waals surface area contributed by atoms with E-state index in [4.69, 9.17) is 11.6 Å². The van der Waals surface area contributed by atoms with E-state index in [1.165, 1.54) is 29.7 Å². The predicted molar refractivity (Wildman–Crippen MR) is 84.7 cm³/mol. The summed E-state index contributed by atoms with van der Waals surface area (Å²) in [5.74, 6) is 0.793. The van der Waals surface area contributed by atoms with Crippen molar-refractivity contribution in [3.63, 3.8) is 0 Å². The monoisotopic (exact) mass is 311 g/mol. The average molecular weight is 312 g/mol. The third-order valence-corrected chi connectivity index (χ3v) is 6.33. The summed E-state index contributed by atoms with van der Waals surface area (Å²) in [4.78, 5) is 14.1. The van der Waals surface area contributed by atoms with Crippen LogP contribution in [0.15, 0.2) is 11.4 Å². The molecule has 2 nitrogen and oxygen atoms in total. The van der Waals surface area contributed by atoms with E-state index >= 15 is 0 Å². The Morgan fingerprint density at radius 2 is 2.15 bits per heavy atom. The second-order valence-electron chi connectivity index (χ2n) is 6.21. The molecule has 0 bridgehead atoms. The van der Waals surface area contributed by atoms with Gasteiger partial charge in [0.2, 0.25) is 5.91 Å². The zero-order valence-electron chi connectivity index (χ0n) is 11.8. The number of aryl methyl sites for hydroxylation is 1. The number of hydrogen-bond acceptors (Lipinski definition) is 2. The van der Waals surface area contributed by atoms with Gasteiger partial charge in [0.1, 0.15) is 0 Å². The number of nitrogens with one attached hydrogen (secondary N) is 1. The van der Waals surface area contributed by atoms with Crippen LogP contribution >= 0.6 is 22.9 Å². The molecular weight excluding hydrogens is 290 g/mol. The van der Waals surface area contributed by atoms with Crippen LogP contribution in [0.3, 0.4) is 0 Å². The molecule has 1 atom stereocenters. The Balaban J connectivity index is 1.74. The summed E-state index contributed by atoms with van der Waals surface area (Å²) in [7, 11) is 0. The number of halogens is 1. The lowest BCUT2D eigenvalue weighted by Crippen LogP contribution is -2.52. The molecule has 1 saturated carbocycles. The molecule has 2 aliphatic carbocycles. The molecule has 1 N–H and O–H groups in total. The third-order valence-electron chi connectivity index (χ3n) is 4.82.